The van der Waals surface area contributed by atoms with E-state index in [1.54, 1.807) is 0 Å². The minimum Gasteiger partial charge on any atom is -0.316 e. The van der Waals surface area contributed by atoms with Crippen molar-refractivity contribution >= 4 is 10.9 Å². The smallest absolute Gasteiger partial charge is 0.258 e. The average molecular weight is 270 g/mol. The molecule has 0 unspecified atom stereocenters. The van der Waals surface area contributed by atoms with Crippen LogP contribution in [0, 0.1) is 11.8 Å². The molecule has 1 aromatic heterocycles. The van der Waals surface area contributed by atoms with Crippen LogP contribution in [-0.4, -0.2) is 41.0 Å². The third-order valence-electron chi connectivity index (χ3n) is 4.50. The van der Waals surface area contributed by atoms with Crippen LogP contribution in [0.2, 0.25) is 0 Å². The first-order valence-corrected chi connectivity index (χ1v) is 7.20. The molecule has 2 aliphatic heterocycles. The van der Waals surface area contributed by atoms with E-state index in [1.165, 1.54) is 0 Å². The maximum Gasteiger partial charge on any atom is 0.258 e. The number of likely N-dealkylation sites (tertiary alicyclic amines) is 1. The molecule has 0 radical (unpaired) electrons. The van der Waals surface area contributed by atoms with E-state index in [-0.39, 0.29) is 5.56 Å². The molecule has 2 aromatic rings. The van der Waals surface area contributed by atoms with Gasteiger partial charge in [0, 0.05) is 13.1 Å². The van der Waals surface area contributed by atoms with Crippen molar-refractivity contribution in [2.75, 3.05) is 26.2 Å². The molecule has 3 heterocycles. The zero-order valence-corrected chi connectivity index (χ0v) is 11.3. The van der Waals surface area contributed by atoms with Crippen molar-refractivity contribution in [3.05, 3.63) is 40.4 Å². The van der Waals surface area contributed by atoms with E-state index in [9.17, 15) is 4.79 Å². The summed E-state index contributed by atoms with van der Waals surface area (Å²) in [6, 6.07) is 7.51. The van der Waals surface area contributed by atoms with E-state index in [1.807, 2.05) is 24.3 Å². The van der Waals surface area contributed by atoms with Gasteiger partial charge in [0.05, 0.1) is 17.4 Å². The van der Waals surface area contributed by atoms with Gasteiger partial charge in [-0.05, 0) is 37.1 Å². The van der Waals surface area contributed by atoms with Crippen LogP contribution in [0.1, 0.15) is 5.82 Å². The average Bonchev–Trinajstić information content (AvgIpc) is 2.99. The maximum absolute atomic E-state index is 12.0. The Hall–Kier alpha value is -1.72. The van der Waals surface area contributed by atoms with Crippen LogP contribution in [-0.2, 0) is 6.54 Å². The lowest BCUT2D eigenvalue weighted by Crippen LogP contribution is -2.27. The Kier molecular flexibility index (Phi) is 2.82. The molecule has 20 heavy (non-hydrogen) atoms. The fourth-order valence-corrected chi connectivity index (χ4v) is 3.50. The number of fused-ring (bicyclic) bond motifs is 2. The second-order valence-electron chi connectivity index (χ2n) is 5.90. The van der Waals surface area contributed by atoms with Gasteiger partial charge < -0.3 is 10.3 Å². The monoisotopic (exact) mass is 270 g/mol. The molecule has 2 aliphatic rings. The fourth-order valence-electron chi connectivity index (χ4n) is 3.50. The van der Waals surface area contributed by atoms with E-state index >= 15 is 0 Å². The molecule has 2 saturated heterocycles. The number of para-hydroxylation sites is 1. The van der Waals surface area contributed by atoms with E-state index in [0.717, 1.165) is 55.9 Å². The standard InChI is InChI=1S/C15H18N4O/c20-15-12-3-1-2-4-13(12)17-14(18-15)9-19-7-10-5-16-6-11(10)8-19/h1-4,10-11,16H,5-9H2,(H,17,18,20)/t10-,11+. The van der Waals surface area contributed by atoms with E-state index in [2.05, 4.69) is 20.2 Å². The molecule has 4 rings (SSSR count). The first-order valence-electron chi connectivity index (χ1n) is 7.20. The summed E-state index contributed by atoms with van der Waals surface area (Å²) in [6.45, 7) is 5.21. The van der Waals surface area contributed by atoms with Crippen molar-refractivity contribution in [2.24, 2.45) is 11.8 Å². The van der Waals surface area contributed by atoms with Gasteiger partial charge in [0.1, 0.15) is 5.82 Å². The van der Waals surface area contributed by atoms with Crippen molar-refractivity contribution in [3.63, 3.8) is 0 Å². The molecular weight excluding hydrogens is 252 g/mol. The molecule has 5 heteroatoms. The number of aromatic nitrogens is 2. The predicted molar refractivity (Wildman–Crippen MR) is 77.5 cm³/mol. The Bertz CT molecular complexity index is 684. The lowest BCUT2D eigenvalue weighted by atomic mass is 10.0. The second-order valence-corrected chi connectivity index (χ2v) is 5.90. The quantitative estimate of drug-likeness (QED) is 0.838. The van der Waals surface area contributed by atoms with Gasteiger partial charge >= 0.3 is 0 Å². The highest BCUT2D eigenvalue weighted by Gasteiger charge is 2.36. The number of hydrogen-bond acceptors (Lipinski definition) is 4. The van der Waals surface area contributed by atoms with Crippen LogP contribution in [0.15, 0.2) is 29.1 Å². The van der Waals surface area contributed by atoms with Gasteiger partial charge in [-0.25, -0.2) is 4.98 Å². The largest absolute Gasteiger partial charge is 0.316 e. The van der Waals surface area contributed by atoms with Crippen LogP contribution >= 0.6 is 0 Å². The fraction of sp³-hybridized carbons (Fsp3) is 0.467. The van der Waals surface area contributed by atoms with Crippen LogP contribution in [0.25, 0.3) is 10.9 Å². The summed E-state index contributed by atoms with van der Waals surface area (Å²) in [5, 5.41) is 4.11. The van der Waals surface area contributed by atoms with E-state index < -0.39 is 0 Å². The third kappa shape index (κ3) is 2.03. The minimum atomic E-state index is -0.0355. The number of rotatable bonds is 2. The third-order valence-corrected chi connectivity index (χ3v) is 4.50. The Morgan fingerprint density at radius 3 is 2.75 bits per heavy atom. The summed E-state index contributed by atoms with van der Waals surface area (Å²) >= 11 is 0. The molecule has 0 saturated carbocycles. The number of hydrogen-bond donors (Lipinski definition) is 2. The number of nitrogens with zero attached hydrogens (tertiary/aromatic N) is 2. The van der Waals surface area contributed by atoms with Crippen molar-refractivity contribution < 1.29 is 0 Å². The predicted octanol–water partition coefficient (Wildman–Crippen LogP) is 0.574. The van der Waals surface area contributed by atoms with Gasteiger partial charge in [0.2, 0.25) is 0 Å². The summed E-state index contributed by atoms with van der Waals surface area (Å²) in [4.78, 5) is 22.0. The highest BCUT2D eigenvalue weighted by atomic mass is 16.1. The molecular formula is C15H18N4O. The van der Waals surface area contributed by atoms with E-state index in [4.69, 9.17) is 0 Å². The van der Waals surface area contributed by atoms with Crippen LogP contribution in [0.5, 0.6) is 0 Å². The Morgan fingerprint density at radius 1 is 1.20 bits per heavy atom. The van der Waals surface area contributed by atoms with Crippen LogP contribution in [0.3, 0.4) is 0 Å². The van der Waals surface area contributed by atoms with Gasteiger partial charge in [0.25, 0.3) is 5.56 Å². The molecule has 5 nitrogen and oxygen atoms in total. The first kappa shape index (κ1) is 12.1. The molecule has 104 valence electrons. The molecule has 0 spiro atoms. The minimum absolute atomic E-state index is 0.0355. The van der Waals surface area contributed by atoms with Gasteiger partial charge in [-0.3, -0.25) is 9.69 Å². The van der Waals surface area contributed by atoms with Crippen molar-refractivity contribution in [1.82, 2.24) is 20.2 Å². The molecule has 2 fully saturated rings. The molecule has 0 bridgehead atoms. The van der Waals surface area contributed by atoms with Crippen LogP contribution in [0.4, 0.5) is 0 Å². The Morgan fingerprint density at radius 2 is 1.95 bits per heavy atom. The van der Waals surface area contributed by atoms with Gasteiger partial charge in [-0.1, -0.05) is 12.1 Å². The van der Waals surface area contributed by atoms with E-state index in [0.29, 0.717) is 5.39 Å². The van der Waals surface area contributed by atoms with Crippen LogP contribution < -0.4 is 10.9 Å². The lowest BCUT2D eigenvalue weighted by Gasteiger charge is -2.16. The number of nitrogens with one attached hydrogen (secondary N) is 2. The van der Waals surface area contributed by atoms with Gasteiger partial charge in [-0.2, -0.15) is 0 Å². The summed E-state index contributed by atoms with van der Waals surface area (Å²) in [6.07, 6.45) is 0. The molecule has 0 amide bonds. The van der Waals surface area contributed by atoms with Crippen molar-refractivity contribution in [2.45, 2.75) is 6.54 Å². The summed E-state index contributed by atoms with van der Waals surface area (Å²) in [5.41, 5.74) is 0.749. The normalized spacial score (nSPS) is 26.2. The summed E-state index contributed by atoms with van der Waals surface area (Å²) in [7, 11) is 0. The number of benzene rings is 1. The summed E-state index contributed by atoms with van der Waals surface area (Å²) < 4.78 is 0. The first-order chi connectivity index (χ1) is 9.79. The zero-order chi connectivity index (χ0) is 13.5. The van der Waals surface area contributed by atoms with Crippen molar-refractivity contribution in [3.8, 4) is 0 Å². The molecule has 2 N–H and O–H groups in total. The van der Waals surface area contributed by atoms with Gasteiger partial charge in [-0.15, -0.1) is 0 Å². The second kappa shape index (κ2) is 4.68. The molecule has 2 atom stereocenters. The Balaban J connectivity index is 1.59. The Labute approximate surface area is 117 Å². The summed E-state index contributed by atoms with van der Waals surface area (Å²) in [5.74, 6) is 2.31. The molecule has 1 aromatic carbocycles. The number of aromatic amines is 1. The zero-order valence-electron chi connectivity index (χ0n) is 11.3. The van der Waals surface area contributed by atoms with Crippen molar-refractivity contribution in [1.29, 1.82) is 0 Å². The lowest BCUT2D eigenvalue weighted by molar-refractivity contribution is 0.298. The number of H-pyrrole nitrogens is 1. The SMILES string of the molecule is O=c1[nH]c(CN2C[C@H]3CNC[C@H]3C2)nc2ccccc12. The van der Waals surface area contributed by atoms with Gasteiger partial charge in [0.15, 0.2) is 0 Å². The topological polar surface area (TPSA) is 61.0 Å². The highest BCUT2D eigenvalue weighted by molar-refractivity contribution is 5.77. The molecule has 0 aliphatic carbocycles. The highest BCUT2D eigenvalue weighted by Crippen LogP contribution is 2.26. The maximum atomic E-state index is 12.0.